The molecule has 3 nitrogen and oxygen atoms in total. The molecule has 2 aromatic rings. The zero-order valence-electron chi connectivity index (χ0n) is 16.8. The molecule has 0 aliphatic heterocycles. The molecule has 6 heteroatoms. The lowest BCUT2D eigenvalue weighted by Crippen LogP contribution is -2.04. The van der Waals surface area contributed by atoms with E-state index in [1.807, 2.05) is 18.2 Å². The monoisotopic (exact) mass is 414 g/mol. The van der Waals surface area contributed by atoms with Crippen molar-refractivity contribution < 1.29 is 27.4 Å². The lowest BCUT2D eigenvalue weighted by atomic mass is 9.91. The van der Waals surface area contributed by atoms with E-state index < -0.39 is 11.7 Å². The summed E-state index contributed by atoms with van der Waals surface area (Å²) >= 11 is 0. The molecule has 1 aliphatic rings. The van der Waals surface area contributed by atoms with Crippen LogP contribution in [0, 0.1) is 11.8 Å². The standard InChI is InChI=1S/C21H15F3O.C3H6O2/c1-25-14-18-4-2-3-17-10-7-16(13-20(17)18)6-5-15-8-11-19(12-9-15)21(22,23)24;1-3(4)5-2/h2-3,7-14H,4H2,1H3;1-2H3. The van der Waals surface area contributed by atoms with Crippen molar-refractivity contribution in [2.24, 2.45) is 0 Å². The lowest BCUT2D eigenvalue weighted by molar-refractivity contribution is -0.138. The van der Waals surface area contributed by atoms with Gasteiger partial charge in [0.25, 0.3) is 0 Å². The Balaban J connectivity index is 0.000000575. The molecule has 0 spiro atoms. The van der Waals surface area contributed by atoms with Crippen LogP contribution in [0.3, 0.4) is 0 Å². The fourth-order valence-corrected chi connectivity index (χ4v) is 2.62. The Kier molecular flexibility index (Phi) is 7.88. The van der Waals surface area contributed by atoms with Crippen LogP contribution < -0.4 is 0 Å². The number of methoxy groups -OCH3 is 2. The van der Waals surface area contributed by atoms with E-state index in [2.05, 4.69) is 28.7 Å². The smallest absolute Gasteiger partial charge is 0.416 e. The molecule has 0 bridgehead atoms. The Morgan fingerprint density at radius 1 is 1.03 bits per heavy atom. The van der Waals surface area contributed by atoms with Crippen molar-refractivity contribution in [1.82, 2.24) is 0 Å². The number of hydrogen-bond acceptors (Lipinski definition) is 3. The molecule has 2 aromatic carbocycles. The number of fused-ring (bicyclic) bond motifs is 1. The first-order valence-electron chi connectivity index (χ1n) is 9.01. The molecule has 0 amide bonds. The molecule has 30 heavy (non-hydrogen) atoms. The Labute approximate surface area is 173 Å². The van der Waals surface area contributed by atoms with E-state index in [1.165, 1.54) is 26.2 Å². The normalized spacial score (nSPS) is 13.3. The van der Waals surface area contributed by atoms with Gasteiger partial charge in [-0.2, -0.15) is 13.2 Å². The maximum absolute atomic E-state index is 12.6. The van der Waals surface area contributed by atoms with E-state index in [4.69, 9.17) is 4.74 Å². The van der Waals surface area contributed by atoms with Crippen molar-refractivity contribution in [3.63, 3.8) is 0 Å². The van der Waals surface area contributed by atoms with Gasteiger partial charge in [0.1, 0.15) is 0 Å². The zero-order valence-corrected chi connectivity index (χ0v) is 16.8. The Morgan fingerprint density at radius 3 is 2.20 bits per heavy atom. The minimum atomic E-state index is -4.33. The average molecular weight is 414 g/mol. The summed E-state index contributed by atoms with van der Waals surface area (Å²) in [5.74, 6) is 5.67. The summed E-state index contributed by atoms with van der Waals surface area (Å²) in [4.78, 5) is 9.59. The van der Waals surface area contributed by atoms with Gasteiger partial charge in [0.15, 0.2) is 0 Å². The van der Waals surface area contributed by atoms with Crippen molar-refractivity contribution in [2.45, 2.75) is 19.5 Å². The van der Waals surface area contributed by atoms with Gasteiger partial charge in [-0.15, -0.1) is 0 Å². The summed E-state index contributed by atoms with van der Waals surface area (Å²) in [6.45, 7) is 1.36. The van der Waals surface area contributed by atoms with Crippen LogP contribution in [-0.2, 0) is 20.4 Å². The highest BCUT2D eigenvalue weighted by atomic mass is 19.4. The zero-order chi connectivity index (χ0) is 22.1. The first kappa shape index (κ1) is 22.8. The molecule has 0 aromatic heterocycles. The van der Waals surface area contributed by atoms with Crippen LogP contribution in [-0.4, -0.2) is 20.2 Å². The predicted molar refractivity (Wildman–Crippen MR) is 110 cm³/mol. The maximum atomic E-state index is 12.6. The number of allylic oxidation sites excluding steroid dienone is 2. The van der Waals surface area contributed by atoms with E-state index in [1.54, 1.807) is 13.4 Å². The third-order valence-corrected chi connectivity index (χ3v) is 4.15. The van der Waals surface area contributed by atoms with Crippen LogP contribution in [0.5, 0.6) is 0 Å². The molecule has 156 valence electrons. The number of benzene rings is 2. The van der Waals surface area contributed by atoms with Crippen LogP contribution in [0.2, 0.25) is 0 Å². The van der Waals surface area contributed by atoms with Gasteiger partial charge in [-0.05, 0) is 59.5 Å². The van der Waals surface area contributed by atoms with Crippen molar-refractivity contribution in [2.75, 3.05) is 14.2 Å². The van der Waals surface area contributed by atoms with E-state index in [9.17, 15) is 18.0 Å². The van der Waals surface area contributed by atoms with Crippen LogP contribution >= 0.6 is 0 Å². The molecule has 0 atom stereocenters. The highest BCUT2D eigenvalue weighted by molar-refractivity contribution is 5.79. The number of esters is 1. The Morgan fingerprint density at radius 2 is 1.63 bits per heavy atom. The lowest BCUT2D eigenvalue weighted by Gasteiger charge is -2.14. The first-order valence-corrected chi connectivity index (χ1v) is 9.01. The third kappa shape index (κ3) is 6.56. The van der Waals surface area contributed by atoms with E-state index in [0.29, 0.717) is 5.56 Å². The molecule has 0 unspecified atom stereocenters. The Bertz CT molecular complexity index is 1000. The second-order valence-corrected chi connectivity index (χ2v) is 6.31. The molecule has 0 saturated carbocycles. The number of ether oxygens (including phenoxy) is 2. The maximum Gasteiger partial charge on any atom is 0.416 e. The predicted octanol–water partition coefficient (Wildman–Crippen LogP) is 5.69. The van der Waals surface area contributed by atoms with Crippen LogP contribution in [0.1, 0.15) is 41.2 Å². The van der Waals surface area contributed by atoms with Crippen LogP contribution in [0.15, 0.2) is 54.8 Å². The third-order valence-electron chi connectivity index (χ3n) is 4.15. The largest absolute Gasteiger partial charge is 0.504 e. The summed E-state index contributed by atoms with van der Waals surface area (Å²) in [5, 5.41) is 0. The second-order valence-electron chi connectivity index (χ2n) is 6.31. The van der Waals surface area contributed by atoms with Gasteiger partial charge in [-0.1, -0.05) is 30.1 Å². The quantitative estimate of drug-likeness (QED) is 0.342. The highest BCUT2D eigenvalue weighted by Crippen LogP contribution is 2.30. The molecule has 0 N–H and O–H groups in total. The van der Waals surface area contributed by atoms with Gasteiger partial charge in [0, 0.05) is 18.1 Å². The topological polar surface area (TPSA) is 35.5 Å². The van der Waals surface area contributed by atoms with E-state index in [-0.39, 0.29) is 5.97 Å². The minimum absolute atomic E-state index is 0.245. The van der Waals surface area contributed by atoms with Gasteiger partial charge < -0.3 is 9.47 Å². The van der Waals surface area contributed by atoms with Gasteiger partial charge in [-0.25, -0.2) is 0 Å². The summed E-state index contributed by atoms with van der Waals surface area (Å²) in [6, 6.07) is 10.7. The highest BCUT2D eigenvalue weighted by Gasteiger charge is 2.29. The molecule has 1 aliphatic carbocycles. The summed E-state index contributed by atoms with van der Waals surface area (Å²) in [7, 11) is 2.96. The molecular weight excluding hydrogens is 393 g/mol. The SMILES string of the molecule is COC(C)=O.COC=C1CC=Cc2ccc(C#Cc3ccc(C(F)(F)F)cc3)cc21. The van der Waals surface area contributed by atoms with E-state index in [0.717, 1.165) is 40.8 Å². The average Bonchev–Trinajstić information content (AvgIpc) is 2.73. The van der Waals surface area contributed by atoms with E-state index >= 15 is 0 Å². The van der Waals surface area contributed by atoms with Crippen molar-refractivity contribution in [3.8, 4) is 11.8 Å². The molecule has 3 rings (SSSR count). The first-order chi connectivity index (χ1) is 14.2. The molecule has 0 saturated heterocycles. The number of rotatable bonds is 1. The number of halogens is 3. The van der Waals surface area contributed by atoms with Crippen molar-refractivity contribution in [1.29, 1.82) is 0 Å². The second kappa shape index (κ2) is 10.4. The molecule has 0 heterocycles. The number of hydrogen-bond donors (Lipinski definition) is 0. The summed E-state index contributed by atoms with van der Waals surface area (Å²) in [5.41, 5.74) is 3.89. The fraction of sp³-hybridized carbons (Fsp3) is 0.208. The summed E-state index contributed by atoms with van der Waals surface area (Å²) in [6.07, 6.45) is 2.30. The van der Waals surface area contributed by atoms with Gasteiger partial charge in [-0.3, -0.25) is 4.79 Å². The van der Waals surface area contributed by atoms with Gasteiger partial charge >= 0.3 is 12.1 Å². The summed E-state index contributed by atoms with van der Waals surface area (Å²) < 4.78 is 47.0. The van der Waals surface area contributed by atoms with Crippen molar-refractivity contribution in [3.05, 3.63) is 82.6 Å². The minimum Gasteiger partial charge on any atom is -0.504 e. The molecule has 0 radical (unpaired) electrons. The van der Waals surface area contributed by atoms with Crippen molar-refractivity contribution >= 4 is 17.6 Å². The van der Waals surface area contributed by atoms with Gasteiger partial charge in [0.2, 0.25) is 0 Å². The number of carbonyl (C=O) groups excluding carboxylic acids is 1. The van der Waals surface area contributed by atoms with Gasteiger partial charge in [0.05, 0.1) is 26.0 Å². The number of carbonyl (C=O) groups is 1. The van der Waals surface area contributed by atoms with Crippen LogP contribution in [0.25, 0.3) is 11.6 Å². The fourth-order valence-electron chi connectivity index (χ4n) is 2.62. The van der Waals surface area contributed by atoms with Crippen LogP contribution in [0.4, 0.5) is 13.2 Å². The molecular formula is C24H21F3O3. The molecule has 0 fully saturated rings. The Hall–Kier alpha value is -3.46. The number of alkyl halides is 3.